The number of ether oxygens (including phenoxy) is 1. The maximum Gasteiger partial charge on any atom is 0.252 e. The fraction of sp³-hybridized carbons (Fsp3) is 0.312. The number of nitrogens with zero attached hydrogens (tertiary/aromatic N) is 4. The van der Waals surface area contributed by atoms with Gasteiger partial charge in [0.15, 0.2) is 17.2 Å². The van der Waals surface area contributed by atoms with Gasteiger partial charge in [0.05, 0.1) is 6.61 Å². The molecule has 0 unspecified atom stereocenters. The van der Waals surface area contributed by atoms with E-state index in [1.165, 1.54) is 6.33 Å². The lowest BCUT2D eigenvalue weighted by atomic mass is 10.2. The molecule has 0 saturated carbocycles. The second-order valence-corrected chi connectivity index (χ2v) is 4.98. The molecule has 6 nitrogen and oxygen atoms in total. The highest BCUT2D eigenvalue weighted by Gasteiger charge is 2.15. The highest BCUT2D eigenvalue weighted by atomic mass is 16.5. The Balaban J connectivity index is 1.92. The molecular formula is C16H18N4O2. The summed E-state index contributed by atoms with van der Waals surface area (Å²) in [6.45, 7) is 5.08. The quantitative estimate of drug-likeness (QED) is 0.721. The molecule has 0 aliphatic rings. The second-order valence-electron chi connectivity index (χ2n) is 4.98. The van der Waals surface area contributed by atoms with Crippen LogP contribution < -0.4 is 9.64 Å². The van der Waals surface area contributed by atoms with E-state index in [2.05, 4.69) is 15.0 Å². The summed E-state index contributed by atoms with van der Waals surface area (Å²) >= 11 is 0. The van der Waals surface area contributed by atoms with Crippen LogP contribution >= 0.6 is 0 Å². The van der Waals surface area contributed by atoms with E-state index in [4.69, 9.17) is 9.15 Å². The molecule has 0 bridgehead atoms. The van der Waals surface area contributed by atoms with E-state index < -0.39 is 0 Å². The Bertz CT molecular complexity index is 785. The molecule has 0 aliphatic heterocycles. The minimum absolute atomic E-state index is 0.507. The van der Waals surface area contributed by atoms with E-state index in [-0.39, 0.29) is 0 Å². The standard InChI is InChI=1S/C16H18N4O2/c1-4-21-13-8-6-5-7-12(13)9-20(3)15-14-16(18-10-17-15)22-11(2)19-14/h5-8,10H,4,9H2,1-3H3. The van der Waals surface area contributed by atoms with Crippen LogP contribution in [0.1, 0.15) is 18.4 Å². The van der Waals surface area contributed by atoms with Crippen LogP contribution in [0.3, 0.4) is 0 Å². The van der Waals surface area contributed by atoms with E-state index in [0.29, 0.717) is 30.3 Å². The monoisotopic (exact) mass is 298 g/mol. The van der Waals surface area contributed by atoms with Crippen molar-refractivity contribution in [2.45, 2.75) is 20.4 Å². The molecule has 1 aromatic carbocycles. The molecular weight excluding hydrogens is 280 g/mol. The van der Waals surface area contributed by atoms with E-state index in [1.807, 2.05) is 43.1 Å². The fourth-order valence-corrected chi connectivity index (χ4v) is 2.39. The largest absolute Gasteiger partial charge is 0.494 e. The van der Waals surface area contributed by atoms with Gasteiger partial charge in [0, 0.05) is 26.1 Å². The highest BCUT2D eigenvalue weighted by molar-refractivity contribution is 5.81. The zero-order valence-electron chi connectivity index (χ0n) is 12.9. The normalized spacial score (nSPS) is 10.9. The molecule has 0 amide bonds. The van der Waals surface area contributed by atoms with Gasteiger partial charge in [-0.15, -0.1) is 0 Å². The third-order valence-electron chi connectivity index (χ3n) is 3.32. The van der Waals surface area contributed by atoms with Gasteiger partial charge < -0.3 is 14.1 Å². The first-order valence-electron chi connectivity index (χ1n) is 7.19. The van der Waals surface area contributed by atoms with E-state index >= 15 is 0 Å². The first-order valence-corrected chi connectivity index (χ1v) is 7.19. The number of rotatable bonds is 5. The van der Waals surface area contributed by atoms with Crippen molar-refractivity contribution in [2.75, 3.05) is 18.6 Å². The summed E-state index contributed by atoms with van der Waals surface area (Å²) < 4.78 is 11.1. The SMILES string of the molecule is CCOc1ccccc1CN(C)c1ncnc2oc(C)nc12. The third-order valence-corrected chi connectivity index (χ3v) is 3.32. The molecule has 0 N–H and O–H groups in total. The predicted octanol–water partition coefficient (Wildman–Crippen LogP) is 2.96. The first-order chi connectivity index (χ1) is 10.7. The Morgan fingerprint density at radius 3 is 2.86 bits per heavy atom. The van der Waals surface area contributed by atoms with Crippen LogP contribution in [0, 0.1) is 6.92 Å². The smallest absolute Gasteiger partial charge is 0.252 e. The molecule has 0 aliphatic carbocycles. The average molecular weight is 298 g/mol. The maximum absolute atomic E-state index is 5.67. The van der Waals surface area contributed by atoms with Crippen molar-refractivity contribution in [3.8, 4) is 5.75 Å². The van der Waals surface area contributed by atoms with E-state index in [9.17, 15) is 0 Å². The molecule has 2 heterocycles. The predicted molar refractivity (Wildman–Crippen MR) is 84.1 cm³/mol. The van der Waals surface area contributed by atoms with Crippen molar-refractivity contribution in [3.63, 3.8) is 0 Å². The van der Waals surface area contributed by atoms with Crippen LogP contribution in [-0.4, -0.2) is 28.6 Å². The van der Waals surface area contributed by atoms with Gasteiger partial charge in [0.1, 0.15) is 12.1 Å². The lowest BCUT2D eigenvalue weighted by Gasteiger charge is -2.19. The van der Waals surface area contributed by atoms with Gasteiger partial charge in [-0.05, 0) is 13.0 Å². The Labute approximate surface area is 128 Å². The van der Waals surface area contributed by atoms with Gasteiger partial charge in [-0.25, -0.2) is 9.97 Å². The summed E-state index contributed by atoms with van der Waals surface area (Å²) in [5, 5.41) is 0. The molecule has 3 aromatic rings. The number of hydrogen-bond donors (Lipinski definition) is 0. The topological polar surface area (TPSA) is 64.3 Å². The lowest BCUT2D eigenvalue weighted by molar-refractivity contribution is 0.336. The second kappa shape index (κ2) is 6.01. The molecule has 6 heteroatoms. The zero-order valence-corrected chi connectivity index (χ0v) is 12.9. The Morgan fingerprint density at radius 1 is 1.23 bits per heavy atom. The van der Waals surface area contributed by atoms with Crippen molar-refractivity contribution in [1.29, 1.82) is 0 Å². The Morgan fingerprint density at radius 2 is 2.05 bits per heavy atom. The Hall–Kier alpha value is -2.63. The van der Waals surface area contributed by atoms with Crippen molar-refractivity contribution in [1.82, 2.24) is 15.0 Å². The molecule has 114 valence electrons. The summed E-state index contributed by atoms with van der Waals surface area (Å²) in [6, 6.07) is 8.00. The van der Waals surface area contributed by atoms with Gasteiger partial charge in [0.2, 0.25) is 0 Å². The van der Waals surface area contributed by atoms with E-state index in [0.717, 1.165) is 17.1 Å². The van der Waals surface area contributed by atoms with Crippen molar-refractivity contribution in [3.05, 3.63) is 42.0 Å². The summed E-state index contributed by atoms with van der Waals surface area (Å²) in [7, 11) is 1.97. The van der Waals surface area contributed by atoms with Gasteiger partial charge >= 0.3 is 0 Å². The lowest BCUT2D eigenvalue weighted by Crippen LogP contribution is -2.19. The van der Waals surface area contributed by atoms with Crippen LogP contribution in [0.25, 0.3) is 11.2 Å². The molecule has 0 spiro atoms. The summed E-state index contributed by atoms with van der Waals surface area (Å²) in [4.78, 5) is 14.8. The minimum atomic E-state index is 0.507. The van der Waals surface area contributed by atoms with Gasteiger partial charge in [-0.2, -0.15) is 4.98 Å². The molecule has 22 heavy (non-hydrogen) atoms. The minimum Gasteiger partial charge on any atom is -0.494 e. The number of aromatic nitrogens is 3. The van der Waals surface area contributed by atoms with Gasteiger partial charge in [-0.1, -0.05) is 18.2 Å². The van der Waals surface area contributed by atoms with Crippen molar-refractivity contribution < 1.29 is 9.15 Å². The number of benzene rings is 1. The van der Waals surface area contributed by atoms with Crippen LogP contribution in [-0.2, 0) is 6.54 Å². The molecule has 0 atom stereocenters. The molecule has 0 saturated heterocycles. The van der Waals surface area contributed by atoms with Gasteiger partial charge in [0.25, 0.3) is 5.71 Å². The van der Waals surface area contributed by atoms with Crippen LogP contribution in [0.15, 0.2) is 35.0 Å². The van der Waals surface area contributed by atoms with Crippen LogP contribution in [0.5, 0.6) is 5.75 Å². The molecule has 0 fully saturated rings. The molecule has 3 rings (SSSR count). The fourth-order valence-electron chi connectivity index (χ4n) is 2.39. The summed E-state index contributed by atoms with van der Waals surface area (Å²) in [6.07, 6.45) is 1.49. The average Bonchev–Trinajstić information content (AvgIpc) is 2.89. The number of anilines is 1. The first kappa shape index (κ1) is 14.3. The maximum atomic E-state index is 5.67. The number of para-hydroxylation sites is 1. The van der Waals surface area contributed by atoms with Crippen LogP contribution in [0.4, 0.5) is 5.82 Å². The van der Waals surface area contributed by atoms with E-state index in [1.54, 1.807) is 6.92 Å². The third kappa shape index (κ3) is 2.72. The highest BCUT2D eigenvalue weighted by Crippen LogP contribution is 2.25. The van der Waals surface area contributed by atoms with Crippen LogP contribution in [0.2, 0.25) is 0 Å². The number of aryl methyl sites for hydroxylation is 1. The van der Waals surface area contributed by atoms with Crippen molar-refractivity contribution >= 4 is 17.0 Å². The molecule has 2 aromatic heterocycles. The number of hydrogen-bond acceptors (Lipinski definition) is 6. The Kier molecular flexibility index (Phi) is 3.91. The summed E-state index contributed by atoms with van der Waals surface area (Å²) in [5.41, 5.74) is 2.28. The molecule has 0 radical (unpaired) electrons. The zero-order chi connectivity index (χ0) is 15.5. The number of fused-ring (bicyclic) bond motifs is 1. The summed E-state index contributed by atoms with van der Waals surface area (Å²) in [5.74, 6) is 2.21. The van der Waals surface area contributed by atoms with Gasteiger partial charge in [-0.3, -0.25) is 0 Å². The van der Waals surface area contributed by atoms with Crippen molar-refractivity contribution in [2.24, 2.45) is 0 Å². The number of oxazole rings is 1.